The van der Waals surface area contributed by atoms with Crippen molar-refractivity contribution >= 4 is 38.5 Å². The Balaban J connectivity index is 2.00. The zero-order valence-corrected chi connectivity index (χ0v) is 16.6. The summed E-state index contributed by atoms with van der Waals surface area (Å²) in [7, 11) is 0. The van der Waals surface area contributed by atoms with E-state index in [9.17, 15) is 22.8 Å². The van der Waals surface area contributed by atoms with Gasteiger partial charge in [-0.15, -0.1) is 0 Å². The second-order valence-electron chi connectivity index (χ2n) is 7.09. The lowest BCUT2D eigenvalue weighted by Crippen LogP contribution is -2.48. The van der Waals surface area contributed by atoms with Crippen LogP contribution in [-0.4, -0.2) is 39.4 Å². The lowest BCUT2D eigenvalue weighted by Gasteiger charge is -2.39. The topological polar surface area (TPSA) is 42.3 Å². The summed E-state index contributed by atoms with van der Waals surface area (Å²) in [4.78, 5) is 26.5. The second-order valence-corrected chi connectivity index (χ2v) is 8.00. The summed E-state index contributed by atoms with van der Waals surface area (Å²) in [5, 5.41) is 0.180. The lowest BCUT2D eigenvalue weighted by molar-refractivity contribution is -0.137. The highest BCUT2D eigenvalue weighted by atomic mass is 79.9. The number of alkyl halides is 3. The number of benzene rings is 1. The predicted octanol–water partition coefficient (Wildman–Crippen LogP) is 4.94. The molecule has 0 radical (unpaired) electrons. The van der Waals surface area contributed by atoms with Gasteiger partial charge in [0.15, 0.2) is 0 Å². The molecule has 1 aliphatic heterocycles. The summed E-state index contributed by atoms with van der Waals surface area (Å²) < 4.78 is 41.0. The highest BCUT2D eigenvalue weighted by Crippen LogP contribution is 2.31. The number of aromatic nitrogens is 1. The molecule has 8 heteroatoms. The number of Topliss-reactive ketones (excluding diaryl/α,β-unsaturated/α-hetero) is 1. The van der Waals surface area contributed by atoms with Crippen molar-refractivity contribution < 1.29 is 22.8 Å². The smallest absolute Gasteiger partial charge is 0.337 e. The van der Waals surface area contributed by atoms with Crippen LogP contribution in [0.2, 0.25) is 0 Å². The number of amides is 1. The Hall–Kier alpha value is -1.83. The Labute approximate surface area is 163 Å². The van der Waals surface area contributed by atoms with Gasteiger partial charge in [-0.2, -0.15) is 13.2 Å². The minimum Gasteiger partial charge on any atom is -0.337 e. The third-order valence-corrected chi connectivity index (χ3v) is 5.63. The number of piperidine rings is 1. The van der Waals surface area contributed by atoms with Gasteiger partial charge in [-0.1, -0.05) is 15.9 Å². The van der Waals surface area contributed by atoms with Crippen molar-refractivity contribution in [3.05, 3.63) is 34.4 Å². The molecule has 3 rings (SSSR count). The standard InChI is InChI=1S/C19H20BrF3N2O2/c1-11-4-3-5-12(2)25(11)17(26)10-24-9-15(18(27)19(21,22)23)14-8-13(20)6-7-16(14)24/h6-9,11-12H,3-5,10H2,1-2H3. The van der Waals surface area contributed by atoms with E-state index in [0.717, 1.165) is 25.5 Å². The minimum atomic E-state index is -4.97. The van der Waals surface area contributed by atoms with Crippen molar-refractivity contribution in [2.45, 2.75) is 57.9 Å². The van der Waals surface area contributed by atoms with Crippen LogP contribution in [0.15, 0.2) is 28.9 Å². The molecular formula is C19H20BrF3N2O2. The van der Waals surface area contributed by atoms with Gasteiger partial charge in [0, 0.05) is 33.7 Å². The van der Waals surface area contributed by atoms with E-state index < -0.39 is 17.5 Å². The molecule has 1 aromatic heterocycles. The van der Waals surface area contributed by atoms with Gasteiger partial charge in [0.05, 0.1) is 5.56 Å². The van der Waals surface area contributed by atoms with Crippen LogP contribution < -0.4 is 0 Å². The van der Waals surface area contributed by atoms with Gasteiger partial charge in [0.1, 0.15) is 6.54 Å². The molecule has 0 saturated carbocycles. The largest absolute Gasteiger partial charge is 0.454 e. The van der Waals surface area contributed by atoms with E-state index in [-0.39, 0.29) is 29.9 Å². The van der Waals surface area contributed by atoms with Crippen molar-refractivity contribution in [3.63, 3.8) is 0 Å². The Kier molecular flexibility index (Phi) is 5.38. The molecule has 1 amide bonds. The molecule has 27 heavy (non-hydrogen) atoms. The maximum atomic E-state index is 13.0. The van der Waals surface area contributed by atoms with Crippen LogP contribution in [0.1, 0.15) is 43.5 Å². The average Bonchev–Trinajstić information content (AvgIpc) is 2.90. The zero-order chi connectivity index (χ0) is 19.9. The van der Waals surface area contributed by atoms with E-state index in [1.54, 1.807) is 17.0 Å². The summed E-state index contributed by atoms with van der Waals surface area (Å²) in [6.07, 6.45) is -0.956. The fourth-order valence-electron chi connectivity index (χ4n) is 3.87. The van der Waals surface area contributed by atoms with Crippen molar-refractivity contribution in [1.29, 1.82) is 0 Å². The third kappa shape index (κ3) is 3.90. The Morgan fingerprint density at radius 2 is 1.81 bits per heavy atom. The molecular weight excluding hydrogens is 425 g/mol. The number of halogens is 4. The Morgan fingerprint density at radius 1 is 1.19 bits per heavy atom. The van der Waals surface area contributed by atoms with Crippen LogP contribution >= 0.6 is 15.9 Å². The quantitative estimate of drug-likeness (QED) is 0.629. The van der Waals surface area contributed by atoms with Crippen LogP contribution in [0.5, 0.6) is 0 Å². The summed E-state index contributed by atoms with van der Waals surface area (Å²) in [5.74, 6) is -2.06. The Morgan fingerprint density at radius 3 is 2.41 bits per heavy atom. The number of hydrogen-bond acceptors (Lipinski definition) is 2. The predicted molar refractivity (Wildman–Crippen MR) is 99.6 cm³/mol. The molecule has 0 aliphatic carbocycles. The van der Waals surface area contributed by atoms with Crippen LogP contribution in [0.25, 0.3) is 10.9 Å². The fourth-order valence-corrected chi connectivity index (χ4v) is 4.24. The Bertz CT molecular complexity index is 881. The van der Waals surface area contributed by atoms with Crippen molar-refractivity contribution in [1.82, 2.24) is 9.47 Å². The highest BCUT2D eigenvalue weighted by molar-refractivity contribution is 9.10. The third-order valence-electron chi connectivity index (χ3n) is 5.13. The molecule has 0 N–H and O–H groups in total. The van der Waals surface area contributed by atoms with E-state index in [0.29, 0.717) is 9.99 Å². The summed E-state index contributed by atoms with van der Waals surface area (Å²) in [6.45, 7) is 3.87. The molecule has 2 heterocycles. The number of ketones is 1. The van der Waals surface area contributed by atoms with Gasteiger partial charge in [-0.05, 0) is 51.3 Å². The molecule has 4 nitrogen and oxygen atoms in total. The van der Waals surface area contributed by atoms with Gasteiger partial charge in [0.25, 0.3) is 5.78 Å². The van der Waals surface area contributed by atoms with Gasteiger partial charge < -0.3 is 9.47 Å². The number of likely N-dealkylation sites (tertiary alicyclic amines) is 1. The molecule has 0 bridgehead atoms. The first-order chi connectivity index (χ1) is 12.6. The number of carbonyl (C=O) groups is 2. The van der Waals surface area contributed by atoms with Gasteiger partial charge in [-0.25, -0.2) is 0 Å². The van der Waals surface area contributed by atoms with Gasteiger partial charge in [0.2, 0.25) is 5.91 Å². The molecule has 2 unspecified atom stereocenters. The summed E-state index contributed by atoms with van der Waals surface area (Å²) >= 11 is 3.23. The zero-order valence-electron chi connectivity index (χ0n) is 15.0. The minimum absolute atomic E-state index is 0.0912. The van der Waals surface area contributed by atoms with Crippen LogP contribution in [0.3, 0.4) is 0 Å². The number of hydrogen-bond donors (Lipinski definition) is 0. The first kappa shape index (κ1) is 19.9. The van der Waals surface area contributed by atoms with Crippen molar-refractivity contribution in [2.75, 3.05) is 0 Å². The number of fused-ring (bicyclic) bond motifs is 1. The van der Waals surface area contributed by atoms with Crippen LogP contribution in [0.4, 0.5) is 13.2 Å². The molecule has 2 aromatic rings. The normalized spacial score (nSPS) is 20.9. The molecule has 1 fully saturated rings. The van der Waals surface area contributed by atoms with E-state index in [2.05, 4.69) is 15.9 Å². The maximum Gasteiger partial charge on any atom is 0.454 e. The second kappa shape index (κ2) is 7.30. The van der Waals surface area contributed by atoms with E-state index in [1.165, 1.54) is 10.6 Å². The maximum absolute atomic E-state index is 13.0. The first-order valence-electron chi connectivity index (χ1n) is 8.80. The van der Waals surface area contributed by atoms with E-state index >= 15 is 0 Å². The summed E-state index contributed by atoms with van der Waals surface area (Å²) in [5.41, 5.74) is -0.0113. The van der Waals surface area contributed by atoms with Gasteiger partial charge in [-0.3, -0.25) is 9.59 Å². The van der Waals surface area contributed by atoms with Gasteiger partial charge >= 0.3 is 6.18 Å². The molecule has 0 spiro atoms. The highest BCUT2D eigenvalue weighted by Gasteiger charge is 2.41. The molecule has 2 atom stereocenters. The molecule has 1 aromatic carbocycles. The van der Waals surface area contributed by atoms with E-state index in [1.807, 2.05) is 13.8 Å². The fraction of sp³-hybridized carbons (Fsp3) is 0.474. The average molecular weight is 445 g/mol. The monoisotopic (exact) mass is 444 g/mol. The van der Waals surface area contributed by atoms with Crippen LogP contribution in [-0.2, 0) is 11.3 Å². The SMILES string of the molecule is CC1CCCC(C)N1C(=O)Cn1cc(C(=O)C(F)(F)F)c2cc(Br)ccc21. The molecule has 146 valence electrons. The molecule has 1 aliphatic rings. The first-order valence-corrected chi connectivity index (χ1v) is 9.60. The summed E-state index contributed by atoms with van der Waals surface area (Å²) in [6, 6.07) is 4.95. The lowest BCUT2D eigenvalue weighted by atomic mass is 9.97. The van der Waals surface area contributed by atoms with Crippen molar-refractivity contribution in [3.8, 4) is 0 Å². The van der Waals surface area contributed by atoms with Crippen LogP contribution in [0, 0.1) is 0 Å². The van der Waals surface area contributed by atoms with E-state index in [4.69, 9.17) is 0 Å². The number of nitrogens with zero attached hydrogens (tertiary/aromatic N) is 2. The van der Waals surface area contributed by atoms with Crippen molar-refractivity contribution in [2.24, 2.45) is 0 Å². The molecule has 1 saturated heterocycles. The number of rotatable bonds is 3. The number of carbonyl (C=O) groups excluding carboxylic acids is 2.